The van der Waals surface area contributed by atoms with Gasteiger partial charge in [0.05, 0.1) is 18.3 Å². The zero-order valence-electron chi connectivity index (χ0n) is 15.7. The maximum atomic E-state index is 11.8. The first-order valence-corrected chi connectivity index (χ1v) is 9.55. The Morgan fingerprint density at radius 2 is 2.18 bits per heavy atom. The molecule has 0 saturated heterocycles. The van der Waals surface area contributed by atoms with Gasteiger partial charge in [0.2, 0.25) is 0 Å². The second-order valence-electron chi connectivity index (χ2n) is 6.55. The van der Waals surface area contributed by atoms with Crippen LogP contribution in [0.25, 0.3) is 0 Å². The van der Waals surface area contributed by atoms with Gasteiger partial charge >= 0.3 is 5.97 Å². The maximum Gasteiger partial charge on any atom is 0.338 e. The Kier molecular flexibility index (Phi) is 8.58. The zero-order chi connectivity index (χ0) is 19.2. The number of nitrogens with one attached hydrogen (secondary N) is 1. The van der Waals surface area contributed by atoms with E-state index in [1.165, 1.54) is 0 Å². The number of hydrogen-bond acceptors (Lipinski definition) is 5. The van der Waals surface area contributed by atoms with Crippen molar-refractivity contribution in [1.29, 1.82) is 0 Å². The number of fused-ring (bicyclic) bond motifs is 1. The van der Waals surface area contributed by atoms with Crippen LogP contribution in [0.5, 0.6) is 5.75 Å². The lowest BCUT2D eigenvalue weighted by molar-refractivity contribution is 0.0526. The van der Waals surface area contributed by atoms with Gasteiger partial charge in [-0.1, -0.05) is 23.7 Å². The number of halogens is 2. The summed E-state index contributed by atoms with van der Waals surface area (Å²) < 4.78 is 11.1. The van der Waals surface area contributed by atoms with Gasteiger partial charge < -0.3 is 19.9 Å². The monoisotopic (exact) mass is 425 g/mol. The van der Waals surface area contributed by atoms with Gasteiger partial charge in [0.15, 0.2) is 0 Å². The van der Waals surface area contributed by atoms with Crippen LogP contribution in [0.1, 0.15) is 40.9 Å². The lowest BCUT2D eigenvalue weighted by atomic mass is 10.00. The van der Waals surface area contributed by atoms with Crippen LogP contribution in [0.3, 0.4) is 0 Å². The summed E-state index contributed by atoms with van der Waals surface area (Å²) in [6.07, 6.45) is 1.09. The largest absolute Gasteiger partial charge is 0.489 e. The molecule has 0 bridgehead atoms. The minimum atomic E-state index is -0.619. The van der Waals surface area contributed by atoms with Gasteiger partial charge in [0.25, 0.3) is 0 Å². The molecule has 1 aliphatic heterocycles. The third kappa shape index (κ3) is 5.85. The lowest BCUT2D eigenvalue weighted by Gasteiger charge is -2.27. The number of aliphatic hydroxyl groups is 1. The minimum absolute atomic E-state index is 0. The van der Waals surface area contributed by atoms with Crippen molar-refractivity contribution in [2.24, 2.45) is 0 Å². The van der Waals surface area contributed by atoms with E-state index in [0.717, 1.165) is 29.7 Å². The third-order valence-corrected chi connectivity index (χ3v) is 4.78. The number of ether oxygens (including phenoxy) is 2. The van der Waals surface area contributed by atoms with Crippen LogP contribution in [0.15, 0.2) is 42.5 Å². The molecule has 7 heteroatoms. The Morgan fingerprint density at radius 3 is 2.93 bits per heavy atom. The quantitative estimate of drug-likeness (QED) is 0.657. The number of benzene rings is 2. The number of esters is 1. The third-order valence-electron chi connectivity index (χ3n) is 4.54. The predicted octanol–water partition coefficient (Wildman–Crippen LogP) is 3.96. The molecule has 2 N–H and O–H groups in total. The minimum Gasteiger partial charge on any atom is -0.489 e. The molecular formula is C21H25Cl2NO4. The molecule has 0 aromatic heterocycles. The zero-order valence-corrected chi connectivity index (χ0v) is 17.3. The molecule has 5 nitrogen and oxygen atoms in total. The number of aliphatic hydroxyl groups excluding tert-OH is 1. The van der Waals surface area contributed by atoms with E-state index < -0.39 is 6.10 Å². The first kappa shape index (κ1) is 22.5. The molecule has 3 rings (SSSR count). The van der Waals surface area contributed by atoms with Crippen molar-refractivity contribution >= 4 is 30.0 Å². The molecule has 0 amide bonds. The number of carbonyl (C=O) groups is 1. The summed E-state index contributed by atoms with van der Waals surface area (Å²) in [5.74, 6) is 0.496. The predicted molar refractivity (Wildman–Crippen MR) is 112 cm³/mol. The molecule has 1 heterocycles. The fourth-order valence-corrected chi connectivity index (χ4v) is 3.34. The molecule has 0 fully saturated rings. The summed E-state index contributed by atoms with van der Waals surface area (Å²) in [7, 11) is 0. The van der Waals surface area contributed by atoms with E-state index in [0.29, 0.717) is 30.3 Å². The summed E-state index contributed by atoms with van der Waals surface area (Å²) in [6, 6.07) is 12.6. The van der Waals surface area contributed by atoms with Gasteiger partial charge in [0, 0.05) is 18.1 Å². The van der Waals surface area contributed by atoms with Crippen LogP contribution < -0.4 is 10.1 Å². The molecule has 0 saturated carbocycles. The van der Waals surface area contributed by atoms with E-state index in [9.17, 15) is 9.90 Å². The van der Waals surface area contributed by atoms with Gasteiger partial charge in [-0.2, -0.15) is 0 Å². The molecule has 2 aromatic carbocycles. The summed E-state index contributed by atoms with van der Waals surface area (Å²) in [5.41, 5.74) is 2.37. The topological polar surface area (TPSA) is 67.8 Å². The second-order valence-corrected chi connectivity index (χ2v) is 6.99. The van der Waals surface area contributed by atoms with E-state index >= 15 is 0 Å². The number of rotatable bonds is 7. The Hall–Kier alpha value is -1.79. The fourth-order valence-electron chi connectivity index (χ4n) is 3.14. The van der Waals surface area contributed by atoms with Crippen molar-refractivity contribution in [3.63, 3.8) is 0 Å². The van der Waals surface area contributed by atoms with Gasteiger partial charge in [0.1, 0.15) is 11.9 Å². The van der Waals surface area contributed by atoms with E-state index in [-0.39, 0.29) is 24.5 Å². The summed E-state index contributed by atoms with van der Waals surface area (Å²) in [5, 5.41) is 14.1. The molecule has 1 aliphatic rings. The van der Waals surface area contributed by atoms with Crippen LogP contribution in [-0.4, -0.2) is 36.9 Å². The van der Waals surface area contributed by atoms with Crippen LogP contribution >= 0.6 is 24.0 Å². The lowest BCUT2D eigenvalue weighted by Crippen LogP contribution is -2.36. The number of carbonyl (C=O) groups excluding carboxylic acids is 1. The van der Waals surface area contributed by atoms with Crippen molar-refractivity contribution in [3.05, 3.63) is 64.2 Å². The normalized spacial score (nSPS) is 16.3. The Bertz CT molecular complexity index is 800. The molecule has 1 unspecified atom stereocenters. The van der Waals surface area contributed by atoms with Gasteiger partial charge in [-0.25, -0.2) is 4.79 Å². The van der Waals surface area contributed by atoms with E-state index in [1.807, 2.05) is 24.3 Å². The Morgan fingerprint density at radius 1 is 1.36 bits per heavy atom. The second kappa shape index (κ2) is 10.7. The molecule has 0 spiro atoms. The highest BCUT2D eigenvalue weighted by Gasteiger charge is 2.21. The standard InChI is InChI=1S/C21H24ClNO4.ClH/c1-2-26-21(25)16-7-9-20-15(10-16)6-8-18(27-20)12-23-13-19(24)14-4-3-5-17(22)11-14;/h3-5,7,9-11,18-19,23-24H,2,6,8,12-13H2,1H3;1H/t18?,19-;/m0./s1. The number of aryl methyl sites for hydroxylation is 1. The fraction of sp³-hybridized carbons (Fsp3) is 0.381. The highest BCUT2D eigenvalue weighted by Crippen LogP contribution is 2.28. The van der Waals surface area contributed by atoms with Gasteiger partial charge in [-0.15, -0.1) is 12.4 Å². The van der Waals surface area contributed by atoms with E-state index in [4.69, 9.17) is 21.1 Å². The van der Waals surface area contributed by atoms with Crippen molar-refractivity contribution in [2.75, 3.05) is 19.7 Å². The van der Waals surface area contributed by atoms with Crippen LogP contribution in [0.2, 0.25) is 5.02 Å². The van der Waals surface area contributed by atoms with Crippen molar-refractivity contribution in [1.82, 2.24) is 5.32 Å². The molecule has 28 heavy (non-hydrogen) atoms. The van der Waals surface area contributed by atoms with Crippen molar-refractivity contribution in [3.8, 4) is 5.75 Å². The molecule has 0 radical (unpaired) electrons. The Labute approximate surface area is 176 Å². The first-order chi connectivity index (χ1) is 13.1. The van der Waals surface area contributed by atoms with Gasteiger partial charge in [-0.05, 0) is 61.2 Å². The Balaban J connectivity index is 0.00000280. The van der Waals surface area contributed by atoms with E-state index in [2.05, 4.69) is 5.32 Å². The molecule has 0 aliphatic carbocycles. The molecule has 2 aromatic rings. The average molecular weight is 426 g/mol. The summed E-state index contributed by atoms with van der Waals surface area (Å²) >= 11 is 5.96. The van der Waals surface area contributed by atoms with Crippen LogP contribution in [-0.2, 0) is 11.2 Å². The highest BCUT2D eigenvalue weighted by molar-refractivity contribution is 6.30. The smallest absolute Gasteiger partial charge is 0.338 e. The first-order valence-electron chi connectivity index (χ1n) is 9.17. The molecular weight excluding hydrogens is 401 g/mol. The summed E-state index contributed by atoms with van der Waals surface area (Å²) in [6.45, 7) is 3.22. The SMILES string of the molecule is CCOC(=O)c1ccc2c(c1)CCC(CNC[C@H](O)c1cccc(Cl)c1)O2.Cl. The highest BCUT2D eigenvalue weighted by atomic mass is 35.5. The van der Waals surface area contributed by atoms with E-state index in [1.54, 1.807) is 25.1 Å². The maximum absolute atomic E-state index is 11.8. The van der Waals surface area contributed by atoms with Crippen molar-refractivity contribution in [2.45, 2.75) is 32.0 Å². The van der Waals surface area contributed by atoms with Crippen LogP contribution in [0.4, 0.5) is 0 Å². The summed E-state index contributed by atoms with van der Waals surface area (Å²) in [4.78, 5) is 11.8. The van der Waals surface area contributed by atoms with Gasteiger partial charge in [-0.3, -0.25) is 0 Å². The van der Waals surface area contributed by atoms with Crippen LogP contribution in [0, 0.1) is 0 Å². The molecule has 2 atom stereocenters. The van der Waals surface area contributed by atoms with Crippen molar-refractivity contribution < 1.29 is 19.4 Å². The number of hydrogen-bond donors (Lipinski definition) is 2. The average Bonchev–Trinajstić information content (AvgIpc) is 2.67. The molecule has 152 valence electrons.